The first-order valence-electron chi connectivity index (χ1n) is 6.04. The summed E-state index contributed by atoms with van der Waals surface area (Å²) in [6.45, 7) is 0.730. The second kappa shape index (κ2) is 3.21. The van der Waals surface area contributed by atoms with Gasteiger partial charge >= 0.3 is 0 Å². The Labute approximate surface area is 85.6 Å². The van der Waals surface area contributed by atoms with Gasteiger partial charge in [-0.15, -0.1) is 0 Å². The summed E-state index contributed by atoms with van der Waals surface area (Å²) in [5.41, 5.74) is 0.192. The van der Waals surface area contributed by atoms with Crippen LogP contribution in [0.1, 0.15) is 38.5 Å². The van der Waals surface area contributed by atoms with E-state index in [-0.39, 0.29) is 12.2 Å². The first kappa shape index (κ1) is 9.17. The van der Waals surface area contributed by atoms with Crippen LogP contribution in [0, 0.1) is 17.8 Å². The average molecular weight is 196 g/mol. The van der Waals surface area contributed by atoms with E-state index < -0.39 is 0 Å². The first-order valence-corrected chi connectivity index (χ1v) is 6.04. The quantitative estimate of drug-likeness (QED) is 0.747. The Morgan fingerprint density at radius 1 is 1.00 bits per heavy atom. The monoisotopic (exact) mass is 196 g/mol. The Morgan fingerprint density at radius 2 is 1.50 bits per heavy atom. The standard InChI is InChI=1S/C12H20O2/c13-1-2-14-12-6-9-3-10(7-12)5-11(4-9)8-12/h9-11,13H,1-8H2. The molecule has 0 aromatic rings. The smallest absolute Gasteiger partial charge is 0.0705 e. The summed E-state index contributed by atoms with van der Waals surface area (Å²) in [5.74, 6) is 2.83. The van der Waals surface area contributed by atoms with Crippen molar-refractivity contribution in [1.29, 1.82) is 0 Å². The van der Waals surface area contributed by atoms with E-state index in [1.54, 1.807) is 0 Å². The molecule has 2 heteroatoms. The van der Waals surface area contributed by atoms with Crippen molar-refractivity contribution in [3.63, 3.8) is 0 Å². The van der Waals surface area contributed by atoms with Gasteiger partial charge in [-0.05, 0) is 56.3 Å². The molecule has 0 aliphatic heterocycles. The minimum absolute atomic E-state index is 0.182. The number of hydrogen-bond acceptors (Lipinski definition) is 2. The van der Waals surface area contributed by atoms with Crippen molar-refractivity contribution in [1.82, 2.24) is 0 Å². The third kappa shape index (κ3) is 1.40. The maximum absolute atomic E-state index is 8.84. The molecule has 0 heterocycles. The molecule has 4 bridgehead atoms. The maximum atomic E-state index is 8.84. The summed E-state index contributed by atoms with van der Waals surface area (Å²) >= 11 is 0. The van der Waals surface area contributed by atoms with Crippen LogP contribution < -0.4 is 0 Å². The number of rotatable bonds is 3. The summed E-state index contributed by atoms with van der Waals surface area (Å²) in [5, 5.41) is 8.84. The highest BCUT2D eigenvalue weighted by Gasteiger charge is 2.51. The van der Waals surface area contributed by atoms with E-state index in [2.05, 4.69) is 0 Å². The molecule has 0 radical (unpaired) electrons. The molecule has 0 atom stereocenters. The van der Waals surface area contributed by atoms with Crippen LogP contribution in [0.5, 0.6) is 0 Å². The molecule has 4 aliphatic carbocycles. The second-order valence-corrected chi connectivity index (χ2v) is 5.67. The zero-order valence-corrected chi connectivity index (χ0v) is 8.74. The van der Waals surface area contributed by atoms with E-state index in [4.69, 9.17) is 9.84 Å². The summed E-state index contributed by atoms with van der Waals surface area (Å²) in [4.78, 5) is 0. The lowest BCUT2D eigenvalue weighted by Gasteiger charge is -2.56. The molecule has 1 N–H and O–H groups in total. The third-order valence-electron chi connectivity index (χ3n) is 4.48. The average Bonchev–Trinajstić information content (AvgIpc) is 2.12. The van der Waals surface area contributed by atoms with E-state index in [0.29, 0.717) is 6.61 Å². The first-order chi connectivity index (χ1) is 6.80. The minimum Gasteiger partial charge on any atom is -0.394 e. The topological polar surface area (TPSA) is 29.5 Å². The molecule has 80 valence electrons. The fourth-order valence-corrected chi connectivity index (χ4v) is 4.47. The second-order valence-electron chi connectivity index (χ2n) is 5.67. The predicted octanol–water partition coefficient (Wildman–Crippen LogP) is 1.96. The molecule has 4 rings (SSSR count). The predicted molar refractivity (Wildman–Crippen MR) is 53.9 cm³/mol. The zero-order chi connectivity index (χ0) is 9.60. The highest BCUT2D eigenvalue weighted by Crippen LogP contribution is 2.56. The number of aliphatic hydroxyl groups is 1. The highest BCUT2D eigenvalue weighted by molar-refractivity contribution is 5.02. The van der Waals surface area contributed by atoms with E-state index in [0.717, 1.165) is 17.8 Å². The van der Waals surface area contributed by atoms with Gasteiger partial charge in [-0.2, -0.15) is 0 Å². The molecule has 0 spiro atoms. The van der Waals surface area contributed by atoms with Crippen LogP contribution in [0.2, 0.25) is 0 Å². The molecule has 4 fully saturated rings. The fraction of sp³-hybridized carbons (Fsp3) is 1.00. The SMILES string of the molecule is OCCOC12CC3CC(CC(C3)C1)C2. The van der Waals surface area contributed by atoms with Crippen molar-refractivity contribution in [2.75, 3.05) is 13.2 Å². The van der Waals surface area contributed by atoms with Crippen LogP contribution in [0.15, 0.2) is 0 Å². The summed E-state index contributed by atoms with van der Waals surface area (Å²) in [7, 11) is 0. The van der Waals surface area contributed by atoms with Crippen LogP contribution in [0.3, 0.4) is 0 Å². The lowest BCUT2D eigenvalue weighted by Crippen LogP contribution is -2.52. The Balaban J connectivity index is 1.74. The van der Waals surface area contributed by atoms with Crippen molar-refractivity contribution >= 4 is 0 Å². The van der Waals surface area contributed by atoms with Crippen molar-refractivity contribution in [3.8, 4) is 0 Å². The van der Waals surface area contributed by atoms with E-state index >= 15 is 0 Å². The molecule has 0 unspecified atom stereocenters. The molecule has 4 aliphatic rings. The van der Waals surface area contributed by atoms with Gasteiger partial charge in [0, 0.05) is 0 Å². The molecule has 0 saturated heterocycles. The lowest BCUT2D eigenvalue weighted by molar-refractivity contribution is -0.166. The van der Waals surface area contributed by atoms with Crippen molar-refractivity contribution in [2.45, 2.75) is 44.1 Å². The summed E-state index contributed by atoms with van der Waals surface area (Å²) in [6.07, 6.45) is 8.21. The van der Waals surface area contributed by atoms with E-state index in [1.807, 2.05) is 0 Å². The number of aliphatic hydroxyl groups excluding tert-OH is 1. The largest absolute Gasteiger partial charge is 0.394 e. The van der Waals surface area contributed by atoms with Gasteiger partial charge in [-0.1, -0.05) is 0 Å². The van der Waals surface area contributed by atoms with Crippen LogP contribution in [-0.2, 0) is 4.74 Å². The Bertz CT molecular complexity index is 189. The molecule has 4 saturated carbocycles. The maximum Gasteiger partial charge on any atom is 0.0705 e. The number of ether oxygens (including phenoxy) is 1. The molecule has 14 heavy (non-hydrogen) atoms. The molecule has 0 aromatic heterocycles. The third-order valence-corrected chi connectivity index (χ3v) is 4.48. The summed E-state index contributed by atoms with van der Waals surface area (Å²) in [6, 6.07) is 0. The summed E-state index contributed by atoms with van der Waals surface area (Å²) < 4.78 is 5.94. The van der Waals surface area contributed by atoms with E-state index in [9.17, 15) is 0 Å². The Hall–Kier alpha value is -0.0800. The molecule has 0 aromatic carbocycles. The molecule has 2 nitrogen and oxygen atoms in total. The van der Waals surface area contributed by atoms with Gasteiger partial charge in [0.15, 0.2) is 0 Å². The molecule has 0 amide bonds. The lowest BCUT2D eigenvalue weighted by atomic mass is 9.54. The van der Waals surface area contributed by atoms with E-state index in [1.165, 1.54) is 38.5 Å². The van der Waals surface area contributed by atoms with Gasteiger partial charge in [0.2, 0.25) is 0 Å². The normalized spacial score (nSPS) is 49.9. The van der Waals surface area contributed by atoms with Gasteiger partial charge < -0.3 is 9.84 Å². The molecular weight excluding hydrogens is 176 g/mol. The van der Waals surface area contributed by atoms with Crippen LogP contribution >= 0.6 is 0 Å². The zero-order valence-electron chi connectivity index (χ0n) is 8.74. The fourth-order valence-electron chi connectivity index (χ4n) is 4.47. The van der Waals surface area contributed by atoms with Gasteiger partial charge in [0.25, 0.3) is 0 Å². The van der Waals surface area contributed by atoms with Gasteiger partial charge in [0.05, 0.1) is 18.8 Å². The minimum atomic E-state index is 0.182. The molecular formula is C12H20O2. The van der Waals surface area contributed by atoms with Crippen molar-refractivity contribution < 1.29 is 9.84 Å². The van der Waals surface area contributed by atoms with Crippen LogP contribution in [-0.4, -0.2) is 23.9 Å². The Kier molecular flexibility index (Phi) is 2.10. The van der Waals surface area contributed by atoms with Gasteiger partial charge in [-0.3, -0.25) is 0 Å². The van der Waals surface area contributed by atoms with Crippen LogP contribution in [0.25, 0.3) is 0 Å². The van der Waals surface area contributed by atoms with Gasteiger partial charge in [-0.25, -0.2) is 0 Å². The van der Waals surface area contributed by atoms with Crippen molar-refractivity contribution in [3.05, 3.63) is 0 Å². The Morgan fingerprint density at radius 3 is 1.93 bits per heavy atom. The van der Waals surface area contributed by atoms with Crippen LogP contribution in [0.4, 0.5) is 0 Å². The highest BCUT2D eigenvalue weighted by atomic mass is 16.5. The number of hydrogen-bond donors (Lipinski definition) is 1. The van der Waals surface area contributed by atoms with Crippen molar-refractivity contribution in [2.24, 2.45) is 17.8 Å². The van der Waals surface area contributed by atoms with Gasteiger partial charge in [0.1, 0.15) is 0 Å².